The van der Waals surface area contributed by atoms with Crippen LogP contribution >= 0.6 is 0 Å². The Bertz CT molecular complexity index is 650. The molecule has 1 heterocycles. The van der Waals surface area contributed by atoms with E-state index in [1.54, 1.807) is 18.7 Å². The minimum atomic E-state index is -0.358. The first-order valence-corrected chi connectivity index (χ1v) is 6.59. The number of esters is 1. The number of hydrogen-bond acceptors (Lipinski definition) is 5. The first-order chi connectivity index (χ1) is 10.0. The Kier molecular flexibility index (Phi) is 4.47. The molecule has 0 bridgehead atoms. The van der Waals surface area contributed by atoms with Crippen molar-refractivity contribution in [1.29, 1.82) is 0 Å². The van der Waals surface area contributed by atoms with Gasteiger partial charge in [0.05, 0.1) is 24.2 Å². The topological polar surface area (TPSA) is 79.4 Å². The van der Waals surface area contributed by atoms with Gasteiger partial charge in [-0.25, -0.2) is 0 Å². The number of hydrogen-bond donors (Lipinski definition) is 1. The average Bonchev–Trinajstić information content (AvgIpc) is 2.72. The molecule has 0 amide bonds. The number of aryl methyl sites for hydroxylation is 1. The molecule has 2 N–H and O–H groups in total. The van der Waals surface area contributed by atoms with Gasteiger partial charge in [0.1, 0.15) is 18.9 Å². The van der Waals surface area contributed by atoms with Crippen LogP contribution in [0.1, 0.15) is 17.0 Å². The van der Waals surface area contributed by atoms with E-state index in [2.05, 4.69) is 5.10 Å². The first kappa shape index (κ1) is 14.9. The van der Waals surface area contributed by atoms with Gasteiger partial charge in [-0.1, -0.05) is 12.1 Å². The van der Waals surface area contributed by atoms with Gasteiger partial charge in [0, 0.05) is 0 Å². The normalized spacial score (nSPS) is 10.4. The van der Waals surface area contributed by atoms with Gasteiger partial charge >= 0.3 is 5.97 Å². The molecule has 0 aliphatic heterocycles. The molecule has 2 aromatic rings. The van der Waals surface area contributed by atoms with Crippen molar-refractivity contribution < 1.29 is 14.3 Å². The van der Waals surface area contributed by atoms with Crippen LogP contribution in [0.4, 0.5) is 5.69 Å². The van der Waals surface area contributed by atoms with Gasteiger partial charge < -0.3 is 15.2 Å². The van der Waals surface area contributed by atoms with Crippen molar-refractivity contribution in [3.8, 4) is 5.75 Å². The summed E-state index contributed by atoms with van der Waals surface area (Å²) in [5, 5.41) is 4.20. The van der Waals surface area contributed by atoms with Gasteiger partial charge in [-0.15, -0.1) is 0 Å². The van der Waals surface area contributed by atoms with E-state index in [-0.39, 0.29) is 19.1 Å². The maximum Gasteiger partial charge on any atom is 0.328 e. The number of nitrogens with two attached hydrogens (primary N) is 1. The fourth-order valence-electron chi connectivity index (χ4n) is 1.96. The summed E-state index contributed by atoms with van der Waals surface area (Å²) in [7, 11) is 1.60. The Morgan fingerprint density at radius 1 is 1.38 bits per heavy atom. The third kappa shape index (κ3) is 3.53. The summed E-state index contributed by atoms with van der Waals surface area (Å²) in [6.07, 6.45) is 0. The van der Waals surface area contributed by atoms with E-state index in [1.165, 1.54) is 0 Å². The van der Waals surface area contributed by atoms with Crippen molar-refractivity contribution >= 4 is 11.7 Å². The average molecular weight is 289 g/mol. The molecule has 112 valence electrons. The second-order valence-electron chi connectivity index (χ2n) is 4.75. The lowest BCUT2D eigenvalue weighted by molar-refractivity contribution is -0.145. The lowest BCUT2D eigenvalue weighted by Gasteiger charge is -2.07. The van der Waals surface area contributed by atoms with Gasteiger partial charge in [-0.05, 0) is 31.5 Å². The summed E-state index contributed by atoms with van der Waals surface area (Å²) >= 11 is 0. The van der Waals surface area contributed by atoms with Crippen molar-refractivity contribution in [2.24, 2.45) is 0 Å². The predicted molar refractivity (Wildman–Crippen MR) is 78.9 cm³/mol. The van der Waals surface area contributed by atoms with Crippen LogP contribution in [0.15, 0.2) is 24.3 Å². The molecular weight excluding hydrogens is 270 g/mol. The third-order valence-electron chi connectivity index (χ3n) is 3.25. The Hall–Kier alpha value is -2.50. The lowest BCUT2D eigenvalue weighted by atomic mass is 10.2. The molecule has 1 aromatic carbocycles. The van der Waals surface area contributed by atoms with Gasteiger partial charge in [0.25, 0.3) is 0 Å². The second-order valence-corrected chi connectivity index (χ2v) is 4.75. The van der Waals surface area contributed by atoms with E-state index in [9.17, 15) is 4.79 Å². The summed E-state index contributed by atoms with van der Waals surface area (Å²) in [4.78, 5) is 11.9. The molecule has 6 heteroatoms. The zero-order valence-corrected chi connectivity index (χ0v) is 12.4. The maximum atomic E-state index is 11.9. The molecule has 0 saturated heterocycles. The summed E-state index contributed by atoms with van der Waals surface area (Å²) < 4.78 is 11.9. The highest BCUT2D eigenvalue weighted by Crippen LogP contribution is 2.15. The highest BCUT2D eigenvalue weighted by atomic mass is 16.5. The molecule has 0 radical (unpaired) electrons. The summed E-state index contributed by atoms with van der Waals surface area (Å²) in [6.45, 7) is 3.88. The van der Waals surface area contributed by atoms with Gasteiger partial charge in [0.15, 0.2) is 0 Å². The van der Waals surface area contributed by atoms with Crippen molar-refractivity contribution in [3.05, 3.63) is 41.2 Å². The number of ether oxygens (including phenoxy) is 2. The van der Waals surface area contributed by atoms with Crippen LogP contribution in [-0.4, -0.2) is 22.9 Å². The molecule has 0 spiro atoms. The van der Waals surface area contributed by atoms with E-state index in [0.717, 1.165) is 17.0 Å². The summed E-state index contributed by atoms with van der Waals surface area (Å²) in [5.41, 5.74) is 8.79. The molecule has 21 heavy (non-hydrogen) atoms. The van der Waals surface area contributed by atoms with E-state index in [0.29, 0.717) is 11.4 Å². The Morgan fingerprint density at radius 2 is 2.14 bits per heavy atom. The Balaban J connectivity index is 1.94. The summed E-state index contributed by atoms with van der Waals surface area (Å²) in [5.74, 6) is 0.373. The fraction of sp³-hybridized carbons (Fsp3) is 0.333. The number of methoxy groups -OCH3 is 1. The predicted octanol–water partition coefficient (Wildman–Crippen LogP) is 1.83. The number of aromatic nitrogens is 2. The molecule has 0 unspecified atom stereocenters. The first-order valence-electron chi connectivity index (χ1n) is 6.59. The number of carbonyl (C=O) groups excluding carboxylic acids is 1. The maximum absolute atomic E-state index is 11.9. The molecule has 0 aliphatic rings. The van der Waals surface area contributed by atoms with Gasteiger partial charge in [-0.3, -0.25) is 9.48 Å². The SMILES string of the molecule is COc1cccc(COC(=O)Cn2nc(C)c(N)c2C)c1. The number of nitrogen functional groups attached to an aromatic ring is 1. The number of rotatable bonds is 5. The third-order valence-corrected chi connectivity index (χ3v) is 3.25. The van der Waals surface area contributed by atoms with Crippen molar-refractivity contribution in [2.75, 3.05) is 12.8 Å². The van der Waals surface area contributed by atoms with Crippen LogP contribution in [0, 0.1) is 13.8 Å². The molecule has 0 aliphatic carbocycles. The largest absolute Gasteiger partial charge is 0.497 e. The second kappa shape index (κ2) is 6.30. The quantitative estimate of drug-likeness (QED) is 0.849. The lowest BCUT2D eigenvalue weighted by Crippen LogP contribution is -2.15. The van der Waals surface area contributed by atoms with E-state index in [1.807, 2.05) is 31.2 Å². The molecule has 1 aromatic heterocycles. The highest BCUT2D eigenvalue weighted by Gasteiger charge is 2.12. The number of benzene rings is 1. The molecular formula is C15H19N3O3. The van der Waals surface area contributed by atoms with Crippen LogP contribution in [0.3, 0.4) is 0 Å². The molecule has 0 atom stereocenters. The summed E-state index contributed by atoms with van der Waals surface area (Å²) in [6, 6.07) is 7.39. The number of anilines is 1. The van der Waals surface area contributed by atoms with E-state index >= 15 is 0 Å². The molecule has 6 nitrogen and oxygen atoms in total. The Labute approximate surface area is 123 Å². The molecule has 0 fully saturated rings. The molecule has 0 saturated carbocycles. The number of nitrogens with zero attached hydrogens (tertiary/aromatic N) is 2. The van der Waals surface area contributed by atoms with Crippen molar-refractivity contribution in [1.82, 2.24) is 9.78 Å². The van der Waals surface area contributed by atoms with E-state index < -0.39 is 0 Å². The minimum absolute atomic E-state index is 0.0494. The van der Waals surface area contributed by atoms with Crippen LogP contribution in [-0.2, 0) is 22.7 Å². The van der Waals surface area contributed by atoms with Crippen molar-refractivity contribution in [3.63, 3.8) is 0 Å². The fourth-order valence-corrected chi connectivity index (χ4v) is 1.96. The smallest absolute Gasteiger partial charge is 0.328 e. The van der Waals surface area contributed by atoms with Gasteiger partial charge in [0.2, 0.25) is 0 Å². The zero-order valence-electron chi connectivity index (χ0n) is 12.4. The minimum Gasteiger partial charge on any atom is -0.497 e. The standard InChI is InChI=1S/C15H19N3O3/c1-10-15(16)11(2)18(17-10)8-14(19)21-9-12-5-4-6-13(7-12)20-3/h4-7H,8-9,16H2,1-3H3. The monoisotopic (exact) mass is 289 g/mol. The van der Waals surface area contributed by atoms with E-state index in [4.69, 9.17) is 15.2 Å². The van der Waals surface area contributed by atoms with Crippen LogP contribution in [0.25, 0.3) is 0 Å². The Morgan fingerprint density at radius 3 is 2.76 bits per heavy atom. The highest BCUT2D eigenvalue weighted by molar-refractivity contribution is 5.69. The van der Waals surface area contributed by atoms with Crippen LogP contribution < -0.4 is 10.5 Å². The van der Waals surface area contributed by atoms with Crippen LogP contribution in [0.2, 0.25) is 0 Å². The van der Waals surface area contributed by atoms with Gasteiger partial charge in [-0.2, -0.15) is 5.10 Å². The molecule has 2 rings (SSSR count). The van der Waals surface area contributed by atoms with Crippen molar-refractivity contribution in [2.45, 2.75) is 27.0 Å². The van der Waals surface area contributed by atoms with Crippen LogP contribution in [0.5, 0.6) is 5.75 Å². The zero-order chi connectivity index (χ0) is 15.4. The number of carbonyl (C=O) groups is 1.